The number of nitrogens with zero attached hydrogens (tertiary/aromatic N) is 3. The van der Waals surface area contributed by atoms with Crippen LogP contribution in [0.2, 0.25) is 0 Å². The van der Waals surface area contributed by atoms with Crippen molar-refractivity contribution in [2.24, 2.45) is 0 Å². The third-order valence-corrected chi connectivity index (χ3v) is 1.33. The van der Waals surface area contributed by atoms with Crippen LogP contribution in [0, 0.1) is 0 Å². The van der Waals surface area contributed by atoms with E-state index < -0.39 is 0 Å². The Balaban J connectivity index is 0.000000720. The summed E-state index contributed by atoms with van der Waals surface area (Å²) in [6, 6.07) is 0. The fourth-order valence-electron chi connectivity index (χ4n) is 0.873. The van der Waals surface area contributed by atoms with E-state index in [1.54, 1.807) is 0 Å². The average Bonchev–Trinajstić information content (AvgIpc) is 2.34. The van der Waals surface area contributed by atoms with E-state index in [4.69, 9.17) is 11.5 Å². The molecule has 0 saturated heterocycles. The number of nitrogen functional groups attached to an aromatic ring is 2. The summed E-state index contributed by atoms with van der Waals surface area (Å²) in [6.07, 6.45) is 1.50. The topological polar surface area (TPSA) is 106 Å². The Hall–Kier alpha value is -0.850. The second-order valence-electron chi connectivity index (χ2n) is 2.07. The molecule has 0 aliphatic carbocycles. The van der Waals surface area contributed by atoms with Gasteiger partial charge in [-0.3, -0.25) is 0 Å². The van der Waals surface area contributed by atoms with E-state index in [9.17, 15) is 0 Å². The fourth-order valence-corrected chi connectivity index (χ4v) is 0.873. The molecule has 12 heavy (non-hydrogen) atoms. The molecule has 0 aliphatic rings. The summed E-state index contributed by atoms with van der Waals surface area (Å²) in [6.45, 7) is 0. The van der Waals surface area contributed by atoms with E-state index in [2.05, 4.69) is 19.9 Å². The summed E-state index contributed by atoms with van der Waals surface area (Å²) < 4.78 is 0. The van der Waals surface area contributed by atoms with Crippen LogP contribution in [0.5, 0.6) is 0 Å². The molecule has 2 heterocycles. The van der Waals surface area contributed by atoms with Gasteiger partial charge in [0.15, 0.2) is 11.5 Å². The van der Waals surface area contributed by atoms with Crippen LogP contribution in [0.3, 0.4) is 0 Å². The van der Waals surface area contributed by atoms with E-state index in [0.29, 0.717) is 17.0 Å². The van der Waals surface area contributed by atoms with Crippen molar-refractivity contribution in [2.75, 3.05) is 11.5 Å². The zero-order valence-electron chi connectivity index (χ0n) is 7.57. The van der Waals surface area contributed by atoms with Crippen LogP contribution in [-0.4, -0.2) is 19.9 Å². The monoisotopic (exact) mass is 174 g/mol. The van der Waals surface area contributed by atoms with E-state index in [1.807, 2.05) is 0 Å². The maximum atomic E-state index is 5.50. The molecule has 0 aliphatic heterocycles. The van der Waals surface area contributed by atoms with Crippen molar-refractivity contribution in [2.45, 2.75) is 0 Å². The summed E-state index contributed by atoms with van der Waals surface area (Å²) in [5, 5.41) is 0. The Kier molecular flexibility index (Phi) is 2.51. The van der Waals surface area contributed by atoms with Gasteiger partial charge in [-0.15, -0.1) is 0 Å². The first-order valence-electron chi connectivity index (χ1n) is 2.99. The van der Waals surface area contributed by atoms with Gasteiger partial charge in [0.25, 0.3) is 0 Å². The number of anilines is 2. The summed E-state index contributed by atoms with van der Waals surface area (Å²) in [5.74, 6) is 0.465. The zero-order valence-corrected chi connectivity index (χ0v) is 8.57. The Bertz CT molecular complexity index is 401. The van der Waals surface area contributed by atoms with Gasteiger partial charge in [-0.05, 0) is 0 Å². The molecule has 0 radical (unpaired) electrons. The predicted octanol–water partition coefficient (Wildman–Crippen LogP) is -3.37. The van der Waals surface area contributed by atoms with Crippen LogP contribution < -0.4 is 41.0 Å². The minimum absolute atomic E-state index is 0. The van der Waals surface area contributed by atoms with Crippen LogP contribution in [-0.2, 0) is 0 Å². The first kappa shape index (κ1) is 9.24. The van der Waals surface area contributed by atoms with Gasteiger partial charge < -0.3 is 17.9 Å². The minimum Gasteiger partial charge on any atom is -1.00 e. The van der Waals surface area contributed by atoms with E-state index in [0.717, 1.165) is 0 Å². The minimum atomic E-state index is 0. The Morgan fingerprint density at radius 3 is 2.83 bits per heavy atom. The molecule has 6 nitrogen and oxygen atoms in total. The normalized spacial score (nSPS) is 9.67. The molecule has 2 aromatic rings. The quantitative estimate of drug-likeness (QED) is 0.361. The average molecular weight is 174 g/mol. The first-order chi connectivity index (χ1) is 5.27. The maximum absolute atomic E-state index is 5.50. The third-order valence-electron chi connectivity index (χ3n) is 1.33. The van der Waals surface area contributed by atoms with Crippen LogP contribution in [0.1, 0.15) is 1.43 Å². The van der Waals surface area contributed by atoms with Gasteiger partial charge in [0.05, 0.1) is 6.33 Å². The van der Waals surface area contributed by atoms with Crippen molar-refractivity contribution >= 4 is 22.9 Å². The Morgan fingerprint density at radius 1 is 1.33 bits per heavy atom. The number of imidazole rings is 1. The van der Waals surface area contributed by atoms with Gasteiger partial charge in [0.2, 0.25) is 5.95 Å². The SMILES string of the molecule is Nc1nc(N)c2[nH]cnc2n1.[H-].[Na+]. The molecule has 2 aromatic heterocycles. The fraction of sp³-hybridized carbons (Fsp3) is 0. The molecule has 0 spiro atoms. The van der Waals surface area contributed by atoms with Crippen LogP contribution >= 0.6 is 0 Å². The molecule has 0 bridgehead atoms. The Morgan fingerprint density at radius 2 is 2.08 bits per heavy atom. The van der Waals surface area contributed by atoms with Crippen molar-refractivity contribution in [1.29, 1.82) is 0 Å². The molecule has 5 N–H and O–H groups in total. The molecule has 58 valence electrons. The molecule has 0 amide bonds. The molecular weight excluding hydrogens is 167 g/mol. The summed E-state index contributed by atoms with van der Waals surface area (Å²) in [5.41, 5.74) is 11.9. The number of hydrogen-bond donors (Lipinski definition) is 3. The number of aromatic amines is 1. The third kappa shape index (κ3) is 1.36. The van der Waals surface area contributed by atoms with Crippen molar-refractivity contribution in [3.05, 3.63) is 6.33 Å². The second kappa shape index (κ2) is 3.26. The molecular formula is C5H7N6Na. The van der Waals surface area contributed by atoms with E-state index in [1.165, 1.54) is 6.33 Å². The van der Waals surface area contributed by atoms with Gasteiger partial charge in [0.1, 0.15) is 5.52 Å². The molecule has 0 fully saturated rings. The number of H-pyrrole nitrogens is 1. The van der Waals surface area contributed by atoms with Crippen molar-refractivity contribution in [3.8, 4) is 0 Å². The largest absolute Gasteiger partial charge is 1.00 e. The van der Waals surface area contributed by atoms with Gasteiger partial charge in [-0.1, -0.05) is 0 Å². The summed E-state index contributed by atoms with van der Waals surface area (Å²) in [7, 11) is 0. The molecule has 0 atom stereocenters. The molecule has 7 heteroatoms. The summed E-state index contributed by atoms with van der Waals surface area (Å²) in [4.78, 5) is 14.3. The zero-order chi connectivity index (χ0) is 7.84. The van der Waals surface area contributed by atoms with Crippen LogP contribution in [0.4, 0.5) is 11.8 Å². The molecule has 0 unspecified atom stereocenters. The summed E-state index contributed by atoms with van der Waals surface area (Å²) >= 11 is 0. The number of nitrogens with two attached hydrogens (primary N) is 2. The smallest absolute Gasteiger partial charge is 1.00 e. The van der Waals surface area contributed by atoms with Crippen molar-refractivity contribution in [1.82, 2.24) is 19.9 Å². The van der Waals surface area contributed by atoms with Crippen LogP contribution in [0.25, 0.3) is 11.2 Å². The van der Waals surface area contributed by atoms with Crippen molar-refractivity contribution < 1.29 is 31.0 Å². The predicted molar refractivity (Wildman–Crippen MR) is 41.6 cm³/mol. The number of rotatable bonds is 0. The molecule has 0 saturated carbocycles. The second-order valence-corrected chi connectivity index (χ2v) is 2.07. The number of hydrogen-bond acceptors (Lipinski definition) is 5. The van der Waals surface area contributed by atoms with Gasteiger partial charge in [-0.25, -0.2) is 4.98 Å². The molecule has 2 rings (SSSR count). The van der Waals surface area contributed by atoms with E-state index in [-0.39, 0.29) is 36.9 Å². The molecule has 0 aromatic carbocycles. The number of aromatic nitrogens is 4. The maximum Gasteiger partial charge on any atom is 1.00 e. The van der Waals surface area contributed by atoms with E-state index >= 15 is 0 Å². The van der Waals surface area contributed by atoms with Crippen LogP contribution in [0.15, 0.2) is 6.33 Å². The first-order valence-corrected chi connectivity index (χ1v) is 2.99. The number of fused-ring (bicyclic) bond motifs is 1. The van der Waals surface area contributed by atoms with Gasteiger partial charge >= 0.3 is 29.6 Å². The number of nitrogens with one attached hydrogen (secondary N) is 1. The Labute approximate surface area is 91.6 Å². The van der Waals surface area contributed by atoms with Gasteiger partial charge in [-0.2, -0.15) is 9.97 Å². The van der Waals surface area contributed by atoms with Gasteiger partial charge in [0, 0.05) is 0 Å². The standard InChI is InChI=1S/C5H6N6.Na.H/c6-3-2-4(9-1-8-2)11-5(7)10-3;;/h1H,(H5,6,7,8,9,10,11);;/q;+1;-1. The van der Waals surface area contributed by atoms with Crippen molar-refractivity contribution in [3.63, 3.8) is 0 Å².